The van der Waals surface area contributed by atoms with Gasteiger partial charge in [0.15, 0.2) is 5.78 Å². The molecule has 1 aliphatic rings. The van der Waals surface area contributed by atoms with Crippen LogP contribution in [0.1, 0.15) is 16.8 Å². The number of carbonyl (C=O) groups is 1. The molecule has 4 heteroatoms. The highest BCUT2D eigenvalue weighted by Crippen LogP contribution is 2.41. The number of carbonyl (C=O) groups excluding carboxylic acids is 1. The largest absolute Gasteiger partial charge is 0.507 e. The summed E-state index contributed by atoms with van der Waals surface area (Å²) in [5.74, 6) is 1.47. The quantitative estimate of drug-likeness (QED) is 0.770. The molecule has 1 aromatic carbocycles. The number of ketones is 1. The molecule has 1 aromatic rings. The first-order chi connectivity index (χ1) is 6.74. The van der Waals surface area contributed by atoms with Crippen LogP contribution >= 0.6 is 11.8 Å². The lowest BCUT2D eigenvalue weighted by atomic mass is 10.1. The molecule has 2 rings (SSSR count). The number of rotatable bonds is 1. The minimum Gasteiger partial charge on any atom is -0.507 e. The van der Waals surface area contributed by atoms with E-state index in [0.717, 1.165) is 10.6 Å². The van der Waals surface area contributed by atoms with E-state index in [4.69, 9.17) is 4.74 Å². The van der Waals surface area contributed by atoms with Crippen LogP contribution in [0, 0.1) is 0 Å². The summed E-state index contributed by atoms with van der Waals surface area (Å²) in [6.07, 6.45) is 0.485. The Morgan fingerprint density at radius 2 is 2.29 bits per heavy atom. The van der Waals surface area contributed by atoms with Crippen LogP contribution in [0.15, 0.2) is 17.0 Å². The average molecular weight is 210 g/mol. The van der Waals surface area contributed by atoms with Gasteiger partial charge in [-0.25, -0.2) is 0 Å². The summed E-state index contributed by atoms with van der Waals surface area (Å²) in [7, 11) is 1.56. The fraction of sp³-hybridized carbons (Fsp3) is 0.300. The fourth-order valence-corrected chi connectivity index (χ4v) is 2.65. The van der Waals surface area contributed by atoms with E-state index in [-0.39, 0.29) is 11.5 Å². The van der Waals surface area contributed by atoms with Crippen LogP contribution in [0.5, 0.6) is 11.5 Å². The minimum absolute atomic E-state index is 0.00449. The Bertz CT molecular complexity index is 387. The zero-order valence-corrected chi connectivity index (χ0v) is 8.56. The van der Waals surface area contributed by atoms with Crippen molar-refractivity contribution in [1.82, 2.24) is 0 Å². The molecule has 0 unspecified atom stereocenters. The number of hydrogen-bond donors (Lipinski definition) is 1. The molecule has 74 valence electrons. The van der Waals surface area contributed by atoms with Crippen molar-refractivity contribution in [2.24, 2.45) is 0 Å². The molecule has 1 N–H and O–H groups in total. The number of aromatic hydroxyl groups is 1. The molecule has 1 aliphatic heterocycles. The molecule has 0 fully saturated rings. The van der Waals surface area contributed by atoms with Crippen molar-refractivity contribution in [3.63, 3.8) is 0 Å². The highest BCUT2D eigenvalue weighted by atomic mass is 32.2. The number of hydrogen-bond acceptors (Lipinski definition) is 4. The van der Waals surface area contributed by atoms with E-state index >= 15 is 0 Å². The van der Waals surface area contributed by atoms with Crippen LogP contribution in [-0.4, -0.2) is 23.8 Å². The van der Waals surface area contributed by atoms with Gasteiger partial charge in [-0.05, 0) is 12.1 Å². The summed E-state index contributed by atoms with van der Waals surface area (Å²) >= 11 is 1.55. The third-order valence-electron chi connectivity index (χ3n) is 2.17. The van der Waals surface area contributed by atoms with Gasteiger partial charge in [-0.15, -0.1) is 11.8 Å². The molecular weight excluding hydrogens is 200 g/mol. The number of ether oxygens (including phenoxy) is 1. The van der Waals surface area contributed by atoms with Gasteiger partial charge in [0.05, 0.1) is 17.6 Å². The van der Waals surface area contributed by atoms with Crippen molar-refractivity contribution >= 4 is 17.5 Å². The van der Waals surface area contributed by atoms with Crippen LogP contribution in [0.3, 0.4) is 0 Å². The van der Waals surface area contributed by atoms with E-state index in [1.54, 1.807) is 24.9 Å². The van der Waals surface area contributed by atoms with Crippen molar-refractivity contribution in [3.05, 3.63) is 17.7 Å². The molecule has 3 nitrogen and oxygen atoms in total. The second-order valence-electron chi connectivity index (χ2n) is 3.01. The van der Waals surface area contributed by atoms with Gasteiger partial charge in [0, 0.05) is 12.2 Å². The monoisotopic (exact) mass is 210 g/mol. The number of Topliss-reactive ketones (excluding diaryl/α,β-unsaturated/α-hetero) is 1. The third-order valence-corrected chi connectivity index (χ3v) is 3.28. The summed E-state index contributed by atoms with van der Waals surface area (Å²) in [6, 6.07) is 3.18. The number of benzene rings is 1. The molecule has 0 saturated carbocycles. The van der Waals surface area contributed by atoms with E-state index in [2.05, 4.69) is 0 Å². The van der Waals surface area contributed by atoms with Crippen LogP contribution in [-0.2, 0) is 0 Å². The lowest BCUT2D eigenvalue weighted by Gasteiger charge is -2.17. The van der Waals surface area contributed by atoms with Crippen molar-refractivity contribution in [3.8, 4) is 11.5 Å². The van der Waals surface area contributed by atoms with Gasteiger partial charge in [0.2, 0.25) is 0 Å². The molecule has 0 aromatic heterocycles. The van der Waals surface area contributed by atoms with Gasteiger partial charge in [-0.1, -0.05) is 0 Å². The normalized spacial score (nSPS) is 15.1. The zero-order valence-electron chi connectivity index (χ0n) is 7.74. The Labute approximate surface area is 86.1 Å². The SMILES string of the molecule is COc1ccc(O)c2c1SCCC2=O. The van der Waals surface area contributed by atoms with Crippen molar-refractivity contribution in [2.45, 2.75) is 11.3 Å². The maximum atomic E-state index is 11.5. The molecule has 0 atom stereocenters. The third kappa shape index (κ3) is 1.35. The minimum atomic E-state index is -0.00449. The standard InChI is InChI=1S/C10H10O3S/c1-13-8-3-2-6(11)9-7(12)4-5-14-10(8)9/h2-3,11H,4-5H2,1H3. The lowest BCUT2D eigenvalue weighted by Crippen LogP contribution is -2.09. The number of thioether (sulfide) groups is 1. The van der Waals surface area contributed by atoms with Crippen LogP contribution in [0.25, 0.3) is 0 Å². The molecular formula is C10H10O3S. The summed E-state index contributed by atoms with van der Waals surface area (Å²) in [6.45, 7) is 0. The maximum absolute atomic E-state index is 11.5. The van der Waals surface area contributed by atoms with Gasteiger partial charge >= 0.3 is 0 Å². The average Bonchev–Trinajstić information content (AvgIpc) is 2.18. The topological polar surface area (TPSA) is 46.5 Å². The van der Waals surface area contributed by atoms with Gasteiger partial charge in [-0.2, -0.15) is 0 Å². The summed E-state index contributed by atoms with van der Waals surface area (Å²) in [4.78, 5) is 12.3. The first kappa shape index (κ1) is 9.40. The summed E-state index contributed by atoms with van der Waals surface area (Å²) < 4.78 is 5.13. The van der Waals surface area contributed by atoms with E-state index in [1.807, 2.05) is 0 Å². The molecule has 1 heterocycles. The van der Waals surface area contributed by atoms with Crippen molar-refractivity contribution < 1.29 is 14.6 Å². The summed E-state index contributed by atoms with van der Waals surface area (Å²) in [5.41, 5.74) is 0.417. The number of fused-ring (bicyclic) bond motifs is 1. The Balaban J connectivity index is 2.63. The second-order valence-corrected chi connectivity index (χ2v) is 4.12. The van der Waals surface area contributed by atoms with Crippen LogP contribution < -0.4 is 4.74 Å². The van der Waals surface area contributed by atoms with Gasteiger partial charge in [0.25, 0.3) is 0 Å². The Hall–Kier alpha value is -1.16. The van der Waals surface area contributed by atoms with E-state index in [1.165, 1.54) is 6.07 Å². The first-order valence-corrected chi connectivity index (χ1v) is 5.28. The number of phenols is 1. The highest BCUT2D eigenvalue weighted by Gasteiger charge is 2.24. The summed E-state index contributed by atoms with van der Waals surface area (Å²) in [5, 5.41) is 9.56. The maximum Gasteiger partial charge on any atom is 0.168 e. The Morgan fingerprint density at radius 3 is 3.00 bits per heavy atom. The van der Waals surface area contributed by atoms with Gasteiger partial charge in [-0.3, -0.25) is 4.79 Å². The molecule has 0 saturated heterocycles. The molecule has 0 spiro atoms. The molecule has 0 bridgehead atoms. The highest BCUT2D eigenvalue weighted by molar-refractivity contribution is 7.99. The van der Waals surface area contributed by atoms with E-state index in [9.17, 15) is 9.90 Å². The lowest BCUT2D eigenvalue weighted by molar-refractivity contribution is 0.0981. The van der Waals surface area contributed by atoms with Gasteiger partial charge < -0.3 is 9.84 Å². The van der Waals surface area contributed by atoms with Crippen molar-refractivity contribution in [2.75, 3.05) is 12.9 Å². The van der Waals surface area contributed by atoms with E-state index in [0.29, 0.717) is 17.7 Å². The van der Waals surface area contributed by atoms with Crippen LogP contribution in [0.4, 0.5) is 0 Å². The second kappa shape index (κ2) is 3.53. The number of phenolic OH excluding ortho intramolecular Hbond substituents is 1. The smallest absolute Gasteiger partial charge is 0.168 e. The molecule has 0 radical (unpaired) electrons. The molecule has 0 amide bonds. The van der Waals surface area contributed by atoms with Crippen LogP contribution in [0.2, 0.25) is 0 Å². The zero-order chi connectivity index (χ0) is 10.1. The van der Waals surface area contributed by atoms with E-state index < -0.39 is 0 Å². The number of methoxy groups -OCH3 is 1. The Kier molecular flexibility index (Phi) is 2.37. The predicted molar refractivity (Wildman–Crippen MR) is 54.3 cm³/mol. The fourth-order valence-electron chi connectivity index (χ4n) is 1.50. The first-order valence-electron chi connectivity index (χ1n) is 4.30. The van der Waals surface area contributed by atoms with Gasteiger partial charge in [0.1, 0.15) is 11.5 Å². The van der Waals surface area contributed by atoms with Crippen molar-refractivity contribution in [1.29, 1.82) is 0 Å². The molecule has 0 aliphatic carbocycles. The predicted octanol–water partition coefficient (Wildman–Crippen LogP) is 2.08. The molecule has 14 heavy (non-hydrogen) atoms. The Morgan fingerprint density at radius 1 is 1.50 bits per heavy atom.